The molecule has 0 amide bonds. The van der Waals surface area contributed by atoms with E-state index in [1.54, 1.807) is 12.1 Å². The van der Waals surface area contributed by atoms with Gasteiger partial charge in [0.2, 0.25) is 0 Å². The van der Waals surface area contributed by atoms with Crippen molar-refractivity contribution < 1.29 is 9.53 Å². The standard InChI is InChI=1S/C16H22ClNO2/c1-20-16(19)15(11-6-4-2-3-5-7-11)13-10-12(17)8-9-14(13)18/h8-11,15H,2-7,18H2,1H3. The highest BCUT2D eigenvalue weighted by atomic mass is 35.5. The average Bonchev–Trinajstić information content (AvgIpc) is 2.72. The highest BCUT2D eigenvalue weighted by Crippen LogP contribution is 2.39. The molecule has 1 aromatic carbocycles. The second kappa shape index (κ2) is 6.98. The first-order valence-corrected chi connectivity index (χ1v) is 7.64. The second-order valence-electron chi connectivity index (χ2n) is 5.53. The van der Waals surface area contributed by atoms with Crippen LogP contribution >= 0.6 is 11.6 Å². The Hall–Kier alpha value is -1.22. The minimum Gasteiger partial charge on any atom is -0.469 e. The molecule has 1 aromatic rings. The van der Waals surface area contributed by atoms with E-state index >= 15 is 0 Å². The van der Waals surface area contributed by atoms with E-state index in [2.05, 4.69) is 0 Å². The van der Waals surface area contributed by atoms with Gasteiger partial charge in [0.1, 0.15) is 0 Å². The predicted molar refractivity (Wildman–Crippen MR) is 81.8 cm³/mol. The number of methoxy groups -OCH3 is 1. The third-order valence-electron chi connectivity index (χ3n) is 4.21. The van der Waals surface area contributed by atoms with Crippen molar-refractivity contribution in [3.8, 4) is 0 Å². The van der Waals surface area contributed by atoms with Crippen LogP contribution in [0.5, 0.6) is 0 Å². The first-order chi connectivity index (χ1) is 9.63. The predicted octanol–water partition coefficient (Wildman–Crippen LogP) is 4.15. The van der Waals surface area contributed by atoms with Crippen LogP contribution in [0.1, 0.15) is 50.0 Å². The summed E-state index contributed by atoms with van der Waals surface area (Å²) in [5.41, 5.74) is 7.50. The fourth-order valence-corrected chi connectivity index (χ4v) is 3.34. The van der Waals surface area contributed by atoms with Crippen LogP contribution < -0.4 is 5.73 Å². The maximum absolute atomic E-state index is 12.3. The number of carbonyl (C=O) groups excluding carboxylic acids is 1. The van der Waals surface area contributed by atoms with Crippen molar-refractivity contribution in [2.45, 2.75) is 44.4 Å². The third kappa shape index (κ3) is 3.45. The van der Waals surface area contributed by atoms with E-state index in [9.17, 15) is 4.79 Å². The van der Waals surface area contributed by atoms with Gasteiger partial charge in [-0.15, -0.1) is 0 Å². The van der Waals surface area contributed by atoms with Crippen LogP contribution in [0.3, 0.4) is 0 Å². The van der Waals surface area contributed by atoms with E-state index in [0.717, 1.165) is 18.4 Å². The van der Waals surface area contributed by atoms with Gasteiger partial charge in [-0.05, 0) is 42.5 Å². The molecule has 1 saturated carbocycles. The summed E-state index contributed by atoms with van der Waals surface area (Å²) in [4.78, 5) is 12.3. The van der Waals surface area contributed by atoms with E-state index < -0.39 is 0 Å². The molecule has 110 valence electrons. The number of nitrogen functional groups attached to an aromatic ring is 1. The van der Waals surface area contributed by atoms with Gasteiger partial charge in [0.25, 0.3) is 0 Å². The molecule has 1 aliphatic carbocycles. The summed E-state index contributed by atoms with van der Waals surface area (Å²) in [6, 6.07) is 5.33. The largest absolute Gasteiger partial charge is 0.469 e. The minimum absolute atomic E-state index is 0.203. The van der Waals surface area contributed by atoms with Crippen LogP contribution in [0.15, 0.2) is 18.2 Å². The van der Waals surface area contributed by atoms with Crippen molar-refractivity contribution >= 4 is 23.3 Å². The van der Waals surface area contributed by atoms with Crippen LogP contribution in [0.2, 0.25) is 5.02 Å². The molecule has 4 heteroatoms. The quantitative estimate of drug-likeness (QED) is 0.518. The fourth-order valence-electron chi connectivity index (χ4n) is 3.16. The first kappa shape index (κ1) is 15.2. The topological polar surface area (TPSA) is 52.3 Å². The van der Waals surface area contributed by atoms with Crippen LogP contribution in [0, 0.1) is 5.92 Å². The number of nitrogens with two attached hydrogens (primary N) is 1. The molecule has 0 spiro atoms. The Bertz CT molecular complexity index is 468. The molecule has 1 atom stereocenters. The maximum Gasteiger partial charge on any atom is 0.313 e. The monoisotopic (exact) mass is 295 g/mol. The Balaban J connectivity index is 2.35. The van der Waals surface area contributed by atoms with E-state index in [-0.39, 0.29) is 11.9 Å². The lowest BCUT2D eigenvalue weighted by Crippen LogP contribution is -2.24. The molecule has 0 aliphatic heterocycles. The summed E-state index contributed by atoms with van der Waals surface area (Å²) in [5, 5.41) is 0.608. The second-order valence-corrected chi connectivity index (χ2v) is 5.96. The van der Waals surface area contributed by atoms with Crippen LogP contribution in [-0.2, 0) is 9.53 Å². The molecule has 0 bridgehead atoms. The van der Waals surface area contributed by atoms with Gasteiger partial charge in [0, 0.05) is 10.7 Å². The van der Waals surface area contributed by atoms with Crippen LogP contribution in [-0.4, -0.2) is 13.1 Å². The van der Waals surface area contributed by atoms with Gasteiger partial charge >= 0.3 is 5.97 Å². The molecule has 2 rings (SSSR count). The van der Waals surface area contributed by atoms with Gasteiger partial charge in [-0.3, -0.25) is 4.79 Å². The molecular weight excluding hydrogens is 274 g/mol. The average molecular weight is 296 g/mol. The summed E-state index contributed by atoms with van der Waals surface area (Å²) >= 11 is 6.07. The zero-order valence-corrected chi connectivity index (χ0v) is 12.7. The smallest absolute Gasteiger partial charge is 0.313 e. The third-order valence-corrected chi connectivity index (χ3v) is 4.45. The number of esters is 1. The fraction of sp³-hybridized carbons (Fsp3) is 0.562. The molecule has 20 heavy (non-hydrogen) atoms. The van der Waals surface area contributed by atoms with Crippen molar-refractivity contribution in [3.05, 3.63) is 28.8 Å². The van der Waals surface area contributed by atoms with Gasteiger partial charge in [-0.1, -0.05) is 37.3 Å². The highest BCUT2D eigenvalue weighted by molar-refractivity contribution is 6.30. The SMILES string of the molecule is COC(=O)C(c1cc(Cl)ccc1N)C1CCCCCC1. The molecular formula is C16H22ClNO2. The summed E-state index contributed by atoms with van der Waals surface area (Å²) in [7, 11) is 1.44. The number of ether oxygens (including phenoxy) is 1. The number of hydrogen-bond donors (Lipinski definition) is 1. The zero-order chi connectivity index (χ0) is 14.5. The summed E-state index contributed by atoms with van der Waals surface area (Å²) < 4.78 is 5.02. The lowest BCUT2D eigenvalue weighted by molar-refractivity contribution is -0.144. The van der Waals surface area contributed by atoms with Crippen molar-refractivity contribution in [2.24, 2.45) is 5.92 Å². The number of halogens is 1. The molecule has 0 radical (unpaired) electrons. The van der Waals surface area contributed by atoms with Gasteiger partial charge in [0.05, 0.1) is 13.0 Å². The number of hydrogen-bond acceptors (Lipinski definition) is 3. The van der Waals surface area contributed by atoms with Crippen molar-refractivity contribution in [3.63, 3.8) is 0 Å². The van der Waals surface area contributed by atoms with E-state index in [1.807, 2.05) is 6.07 Å². The molecule has 1 fully saturated rings. The molecule has 0 saturated heterocycles. The minimum atomic E-state index is -0.295. The first-order valence-electron chi connectivity index (χ1n) is 7.26. The maximum atomic E-state index is 12.3. The lowest BCUT2D eigenvalue weighted by atomic mass is 9.80. The van der Waals surface area contributed by atoms with E-state index in [4.69, 9.17) is 22.1 Å². The Kier molecular flexibility index (Phi) is 5.30. The van der Waals surface area contributed by atoms with Crippen LogP contribution in [0.25, 0.3) is 0 Å². The Morgan fingerprint density at radius 1 is 1.30 bits per heavy atom. The van der Waals surface area contributed by atoms with Gasteiger partial charge in [-0.25, -0.2) is 0 Å². The molecule has 3 nitrogen and oxygen atoms in total. The Labute approximate surface area is 125 Å². The zero-order valence-electron chi connectivity index (χ0n) is 11.9. The number of rotatable bonds is 3. The van der Waals surface area contributed by atoms with Crippen molar-refractivity contribution in [1.29, 1.82) is 0 Å². The van der Waals surface area contributed by atoms with E-state index in [0.29, 0.717) is 16.6 Å². The summed E-state index contributed by atoms with van der Waals surface area (Å²) in [6.45, 7) is 0. The van der Waals surface area contributed by atoms with Crippen molar-refractivity contribution in [1.82, 2.24) is 0 Å². The molecule has 0 heterocycles. The molecule has 2 N–H and O–H groups in total. The summed E-state index contributed by atoms with van der Waals surface area (Å²) in [5.74, 6) is -0.201. The van der Waals surface area contributed by atoms with Gasteiger partial charge < -0.3 is 10.5 Å². The molecule has 0 aromatic heterocycles. The number of benzene rings is 1. The van der Waals surface area contributed by atoms with E-state index in [1.165, 1.54) is 32.8 Å². The molecule has 1 unspecified atom stereocenters. The normalized spacial score (nSPS) is 18.3. The Morgan fingerprint density at radius 2 is 1.95 bits per heavy atom. The van der Waals surface area contributed by atoms with Crippen molar-refractivity contribution in [2.75, 3.05) is 12.8 Å². The highest BCUT2D eigenvalue weighted by Gasteiger charge is 2.32. The lowest BCUT2D eigenvalue weighted by Gasteiger charge is -2.25. The number of carbonyl (C=O) groups is 1. The van der Waals surface area contributed by atoms with Gasteiger partial charge in [0.15, 0.2) is 0 Å². The van der Waals surface area contributed by atoms with Crippen LogP contribution in [0.4, 0.5) is 5.69 Å². The van der Waals surface area contributed by atoms with Gasteiger partial charge in [-0.2, -0.15) is 0 Å². The summed E-state index contributed by atoms with van der Waals surface area (Å²) in [6.07, 6.45) is 6.92. The molecule has 1 aliphatic rings. The number of anilines is 1. The Morgan fingerprint density at radius 3 is 2.55 bits per heavy atom.